The second kappa shape index (κ2) is 13.1. The third kappa shape index (κ3) is 6.74. The van der Waals surface area contributed by atoms with Gasteiger partial charge in [0.15, 0.2) is 0 Å². The molecule has 0 radical (unpaired) electrons. The predicted molar refractivity (Wildman–Crippen MR) is 163 cm³/mol. The minimum Gasteiger partial charge on any atom is -0.462 e. The van der Waals surface area contributed by atoms with E-state index in [0.717, 1.165) is 4.90 Å². The lowest BCUT2D eigenvalue weighted by Crippen LogP contribution is -2.32. The first kappa shape index (κ1) is 29.1. The predicted octanol–water partition coefficient (Wildman–Crippen LogP) is 6.73. The zero-order valence-corrected chi connectivity index (χ0v) is 23.8. The van der Waals surface area contributed by atoms with E-state index in [2.05, 4.69) is 10.6 Å². The molecule has 0 aliphatic carbocycles. The molecule has 216 valence electrons. The van der Waals surface area contributed by atoms with Crippen molar-refractivity contribution in [3.63, 3.8) is 0 Å². The summed E-state index contributed by atoms with van der Waals surface area (Å²) in [4.78, 5) is 52.0. The van der Waals surface area contributed by atoms with E-state index >= 15 is 0 Å². The van der Waals surface area contributed by atoms with Crippen molar-refractivity contribution in [1.29, 1.82) is 0 Å². The second-order valence-corrected chi connectivity index (χ2v) is 9.79. The van der Waals surface area contributed by atoms with Crippen molar-refractivity contribution < 1.29 is 28.7 Å². The van der Waals surface area contributed by atoms with Gasteiger partial charge in [-0.05, 0) is 85.3 Å². The number of hydrogen-bond donors (Lipinski definition) is 2. The molecule has 3 amide bonds. The van der Waals surface area contributed by atoms with Crippen molar-refractivity contribution in [2.75, 3.05) is 22.1 Å². The Bertz CT molecular complexity index is 1700. The first-order valence-electron chi connectivity index (χ1n) is 13.4. The van der Waals surface area contributed by atoms with Gasteiger partial charge in [-0.1, -0.05) is 42.8 Å². The molecule has 0 spiro atoms. The number of rotatable bonds is 10. The number of benzene rings is 4. The van der Waals surface area contributed by atoms with Crippen LogP contribution in [0.1, 0.15) is 34.1 Å². The van der Waals surface area contributed by atoms with Crippen LogP contribution in [0.2, 0.25) is 0 Å². The molecule has 0 bridgehead atoms. The average Bonchev–Trinajstić information content (AvgIpc) is 3.24. The number of anilines is 3. The SMILES string of the molecule is CCCOC(=O)c1cccc(N2C(=O)C(Cl)=C(Nc3ccc(C(=O)Nc4ccc(Oc5ccccc5)cc4)cc3)C2=O)c1. The number of nitrogens with zero attached hydrogens (tertiary/aromatic N) is 1. The molecule has 9 nitrogen and oxygen atoms in total. The van der Waals surface area contributed by atoms with E-state index in [4.69, 9.17) is 21.1 Å². The molecule has 4 aromatic carbocycles. The second-order valence-electron chi connectivity index (χ2n) is 9.42. The van der Waals surface area contributed by atoms with Gasteiger partial charge in [0.1, 0.15) is 22.2 Å². The number of hydrogen-bond acceptors (Lipinski definition) is 7. The van der Waals surface area contributed by atoms with Gasteiger partial charge < -0.3 is 20.1 Å². The number of carbonyl (C=O) groups excluding carboxylic acids is 4. The van der Waals surface area contributed by atoms with Gasteiger partial charge in [-0.3, -0.25) is 14.4 Å². The molecule has 1 aliphatic heterocycles. The highest BCUT2D eigenvalue weighted by atomic mass is 35.5. The summed E-state index contributed by atoms with van der Waals surface area (Å²) in [6, 6.07) is 28.7. The third-order valence-corrected chi connectivity index (χ3v) is 6.66. The lowest BCUT2D eigenvalue weighted by atomic mass is 10.1. The molecule has 10 heteroatoms. The molecule has 0 aromatic heterocycles. The normalized spacial score (nSPS) is 12.7. The molecule has 0 saturated heterocycles. The van der Waals surface area contributed by atoms with Crippen LogP contribution in [-0.2, 0) is 14.3 Å². The molecule has 1 heterocycles. The highest BCUT2D eigenvalue weighted by molar-refractivity contribution is 6.53. The quantitative estimate of drug-likeness (QED) is 0.154. The first-order valence-corrected chi connectivity index (χ1v) is 13.8. The van der Waals surface area contributed by atoms with Crippen LogP contribution in [-0.4, -0.2) is 30.3 Å². The molecule has 1 aliphatic rings. The summed E-state index contributed by atoms with van der Waals surface area (Å²) in [6.07, 6.45) is 0.661. The van der Waals surface area contributed by atoms with Crippen LogP contribution in [0.5, 0.6) is 11.5 Å². The van der Waals surface area contributed by atoms with E-state index in [9.17, 15) is 19.2 Å². The number of esters is 1. The van der Waals surface area contributed by atoms with Crippen LogP contribution in [0.4, 0.5) is 17.1 Å². The number of para-hydroxylation sites is 1. The van der Waals surface area contributed by atoms with E-state index in [1.807, 2.05) is 37.3 Å². The zero-order valence-electron chi connectivity index (χ0n) is 23.0. The maximum absolute atomic E-state index is 13.2. The van der Waals surface area contributed by atoms with Crippen LogP contribution in [0.25, 0.3) is 0 Å². The van der Waals surface area contributed by atoms with Crippen molar-refractivity contribution in [2.45, 2.75) is 13.3 Å². The Balaban J connectivity index is 1.22. The van der Waals surface area contributed by atoms with Crippen LogP contribution in [0.3, 0.4) is 0 Å². The van der Waals surface area contributed by atoms with Crippen LogP contribution < -0.4 is 20.3 Å². The maximum Gasteiger partial charge on any atom is 0.338 e. The molecule has 0 saturated carbocycles. The Morgan fingerprint density at radius 2 is 1.44 bits per heavy atom. The molecule has 43 heavy (non-hydrogen) atoms. The lowest BCUT2D eigenvalue weighted by molar-refractivity contribution is -0.120. The van der Waals surface area contributed by atoms with Gasteiger partial charge >= 0.3 is 5.97 Å². The molecule has 0 unspecified atom stereocenters. The minimum atomic E-state index is -0.732. The zero-order chi connectivity index (χ0) is 30.3. The van der Waals surface area contributed by atoms with E-state index in [1.165, 1.54) is 18.2 Å². The standard InChI is InChI=1S/C33H26ClN3O6/c1-2-19-42-33(41)22-7-6-8-25(20-22)37-31(39)28(34)29(32(37)40)35-23-13-11-21(12-14-23)30(38)36-24-15-17-27(18-16-24)43-26-9-4-3-5-10-26/h3-18,20,35H,2,19H2,1H3,(H,36,38). The topological polar surface area (TPSA) is 114 Å². The summed E-state index contributed by atoms with van der Waals surface area (Å²) in [7, 11) is 0. The number of ether oxygens (including phenoxy) is 2. The molecular formula is C33H26ClN3O6. The van der Waals surface area contributed by atoms with Gasteiger partial charge in [-0.25, -0.2) is 9.69 Å². The molecule has 0 fully saturated rings. The van der Waals surface area contributed by atoms with Crippen molar-refractivity contribution in [2.24, 2.45) is 0 Å². The number of carbonyl (C=O) groups is 4. The van der Waals surface area contributed by atoms with Gasteiger partial charge in [-0.2, -0.15) is 0 Å². The summed E-state index contributed by atoms with van der Waals surface area (Å²) < 4.78 is 10.9. The summed E-state index contributed by atoms with van der Waals surface area (Å²) in [5.41, 5.74) is 1.66. The summed E-state index contributed by atoms with van der Waals surface area (Å²) in [6.45, 7) is 2.13. The monoisotopic (exact) mass is 595 g/mol. The minimum absolute atomic E-state index is 0.124. The Hall–Kier alpha value is -5.41. The maximum atomic E-state index is 13.2. The molecule has 4 aromatic rings. The summed E-state index contributed by atoms with van der Waals surface area (Å²) >= 11 is 6.26. The number of halogens is 1. The lowest BCUT2D eigenvalue weighted by Gasteiger charge is -2.16. The van der Waals surface area contributed by atoms with Crippen molar-refractivity contribution >= 4 is 52.4 Å². The molecule has 5 rings (SSSR count). The summed E-state index contributed by atoms with van der Waals surface area (Å²) in [5.74, 6) is -0.970. The smallest absolute Gasteiger partial charge is 0.338 e. The Morgan fingerprint density at radius 1 is 0.767 bits per heavy atom. The fourth-order valence-corrected chi connectivity index (χ4v) is 4.39. The van der Waals surface area contributed by atoms with E-state index < -0.39 is 17.8 Å². The fourth-order valence-electron chi connectivity index (χ4n) is 4.18. The summed E-state index contributed by atoms with van der Waals surface area (Å²) in [5, 5.41) is 5.40. The first-order chi connectivity index (χ1) is 20.8. The van der Waals surface area contributed by atoms with Crippen molar-refractivity contribution in [1.82, 2.24) is 0 Å². The molecule has 0 atom stereocenters. The van der Waals surface area contributed by atoms with Crippen molar-refractivity contribution in [3.05, 3.63) is 125 Å². The largest absolute Gasteiger partial charge is 0.462 e. The fraction of sp³-hybridized carbons (Fsp3) is 0.0909. The van der Waals surface area contributed by atoms with E-state index in [1.54, 1.807) is 54.6 Å². The van der Waals surface area contributed by atoms with Crippen molar-refractivity contribution in [3.8, 4) is 11.5 Å². The highest BCUT2D eigenvalue weighted by Crippen LogP contribution is 2.31. The van der Waals surface area contributed by atoms with Gasteiger partial charge in [0.25, 0.3) is 17.7 Å². The average molecular weight is 596 g/mol. The van der Waals surface area contributed by atoms with Gasteiger partial charge in [0.2, 0.25) is 0 Å². The number of imide groups is 1. The van der Waals surface area contributed by atoms with Gasteiger partial charge in [-0.15, -0.1) is 0 Å². The van der Waals surface area contributed by atoms with E-state index in [-0.39, 0.29) is 34.5 Å². The van der Waals surface area contributed by atoms with Crippen LogP contribution in [0.15, 0.2) is 114 Å². The Morgan fingerprint density at radius 3 is 2.14 bits per heavy atom. The molecular weight excluding hydrogens is 570 g/mol. The number of amides is 3. The van der Waals surface area contributed by atoms with Gasteiger partial charge in [0, 0.05) is 16.9 Å². The third-order valence-electron chi connectivity index (χ3n) is 6.31. The molecule has 2 N–H and O–H groups in total. The van der Waals surface area contributed by atoms with Crippen LogP contribution >= 0.6 is 11.6 Å². The Labute approximate surface area is 252 Å². The van der Waals surface area contributed by atoms with E-state index in [0.29, 0.717) is 34.9 Å². The van der Waals surface area contributed by atoms with Crippen LogP contribution in [0, 0.1) is 0 Å². The highest BCUT2D eigenvalue weighted by Gasteiger charge is 2.39. The number of nitrogens with one attached hydrogen (secondary N) is 2. The van der Waals surface area contributed by atoms with Gasteiger partial charge in [0.05, 0.1) is 17.9 Å². The Kier molecular flexibility index (Phi) is 8.83.